The summed E-state index contributed by atoms with van der Waals surface area (Å²) in [5.74, 6) is -2.45. The van der Waals surface area contributed by atoms with Gasteiger partial charge in [0.2, 0.25) is 17.7 Å². The first-order valence-corrected chi connectivity index (χ1v) is 16.1. The fraction of sp³-hybridized carbons (Fsp3) is 0.472. The van der Waals surface area contributed by atoms with E-state index in [1.54, 1.807) is 9.80 Å². The zero-order valence-electron chi connectivity index (χ0n) is 25.7. The molecular weight excluding hydrogens is 554 g/mol. The van der Waals surface area contributed by atoms with Gasteiger partial charge in [-0.1, -0.05) is 99.5 Å². The summed E-state index contributed by atoms with van der Waals surface area (Å²) in [5, 5.41) is 10.8. The topological polar surface area (TPSA) is 90.4 Å². The van der Waals surface area contributed by atoms with Crippen LogP contribution < -0.4 is 4.90 Å². The van der Waals surface area contributed by atoms with Crippen LogP contribution in [-0.2, 0) is 25.5 Å². The lowest BCUT2D eigenvalue weighted by Crippen LogP contribution is -2.59. The molecule has 1 unspecified atom stereocenters. The highest BCUT2D eigenvalue weighted by Gasteiger charge is 2.76. The van der Waals surface area contributed by atoms with Crippen LogP contribution in [-0.4, -0.2) is 82.2 Å². The lowest BCUT2D eigenvalue weighted by atomic mass is 9.73. The number of anilines is 1. The number of likely N-dealkylation sites (tertiary alicyclic amines) is 1. The van der Waals surface area contributed by atoms with Crippen LogP contribution in [0.1, 0.15) is 45.1 Å². The highest BCUT2D eigenvalue weighted by Crippen LogP contribution is 2.59. The van der Waals surface area contributed by atoms with Gasteiger partial charge >= 0.3 is 0 Å². The molecule has 4 aliphatic heterocycles. The lowest BCUT2D eigenvalue weighted by molar-refractivity contribution is -0.155. The molecule has 0 aliphatic carbocycles. The minimum Gasteiger partial charge on any atom is -0.394 e. The number of para-hydroxylation sites is 1. The van der Waals surface area contributed by atoms with Gasteiger partial charge in [-0.25, -0.2) is 0 Å². The Labute approximate surface area is 260 Å². The SMILES string of the molecule is CCCCCN1CC=C[C@]23O[C@]4(CC)C=CCN(c5ccccc5)C(=O)[C@@H]4[C@H]2C(=O)N([C@@H](CO)Cc2ccccc2)C3C1=O. The predicted molar refractivity (Wildman–Crippen MR) is 169 cm³/mol. The standard InChI is InChI=1S/C36H43N3O5/c1-3-5-12-21-37-22-14-20-36-30(33(42)39(31(36)34(37)43)28(25-40)24-26-15-8-6-9-16-26)29-32(41)38(27-17-10-7-11-18-27)23-13-19-35(29,4-2)44-36/h6-11,13-20,28-31,40H,3-5,12,21-25H2,1-2H3/t28-,29+,30+,31?,35-,36+/m1/s1. The maximum absolute atomic E-state index is 14.9. The Morgan fingerprint density at radius 3 is 2.25 bits per heavy atom. The summed E-state index contributed by atoms with van der Waals surface area (Å²) in [4.78, 5) is 49.3. The molecule has 232 valence electrons. The van der Waals surface area contributed by atoms with Crippen LogP contribution in [0.2, 0.25) is 0 Å². The number of fused-ring (bicyclic) bond motifs is 2. The molecule has 4 aliphatic rings. The molecular formula is C36H43N3O5. The number of amides is 3. The first kappa shape index (κ1) is 30.3. The molecule has 2 fully saturated rings. The molecule has 4 heterocycles. The lowest BCUT2D eigenvalue weighted by Gasteiger charge is -2.41. The summed E-state index contributed by atoms with van der Waals surface area (Å²) >= 11 is 0. The fourth-order valence-corrected chi connectivity index (χ4v) is 7.87. The largest absolute Gasteiger partial charge is 0.394 e. The number of aliphatic hydroxyl groups excluding tert-OH is 1. The molecule has 44 heavy (non-hydrogen) atoms. The molecule has 0 radical (unpaired) electrons. The van der Waals surface area contributed by atoms with Crippen molar-refractivity contribution in [2.75, 3.05) is 31.1 Å². The third kappa shape index (κ3) is 4.88. The molecule has 6 atom stereocenters. The minimum atomic E-state index is -1.35. The molecule has 0 bridgehead atoms. The van der Waals surface area contributed by atoms with Crippen molar-refractivity contribution in [2.24, 2.45) is 11.8 Å². The van der Waals surface area contributed by atoms with Gasteiger partial charge in [-0.3, -0.25) is 14.4 Å². The van der Waals surface area contributed by atoms with Crippen LogP contribution in [0.4, 0.5) is 5.69 Å². The van der Waals surface area contributed by atoms with Crippen LogP contribution >= 0.6 is 0 Å². The number of ether oxygens (including phenoxy) is 1. The van der Waals surface area contributed by atoms with Gasteiger partial charge in [-0.2, -0.15) is 0 Å². The summed E-state index contributed by atoms with van der Waals surface area (Å²) in [5.41, 5.74) is -0.699. The van der Waals surface area contributed by atoms with Crippen LogP contribution in [0.3, 0.4) is 0 Å². The van der Waals surface area contributed by atoms with Crippen LogP contribution in [0, 0.1) is 11.8 Å². The Hall–Kier alpha value is -3.75. The number of hydrogen-bond acceptors (Lipinski definition) is 5. The van der Waals surface area contributed by atoms with Gasteiger partial charge in [0.1, 0.15) is 11.6 Å². The monoisotopic (exact) mass is 597 g/mol. The number of benzene rings is 2. The number of nitrogens with zero attached hydrogens (tertiary/aromatic N) is 3. The van der Waals surface area contributed by atoms with E-state index in [2.05, 4.69) is 6.92 Å². The van der Waals surface area contributed by atoms with E-state index >= 15 is 0 Å². The molecule has 0 saturated carbocycles. The van der Waals surface area contributed by atoms with Gasteiger partial charge in [-0.15, -0.1) is 0 Å². The molecule has 1 spiro atoms. The zero-order valence-corrected chi connectivity index (χ0v) is 25.7. The van der Waals surface area contributed by atoms with Gasteiger partial charge in [0, 0.05) is 25.3 Å². The Morgan fingerprint density at radius 1 is 0.864 bits per heavy atom. The number of carbonyl (C=O) groups excluding carboxylic acids is 3. The Kier molecular flexibility index (Phi) is 8.49. The van der Waals surface area contributed by atoms with E-state index in [-0.39, 0.29) is 24.3 Å². The average Bonchev–Trinajstić information content (AvgIpc) is 3.35. The fourth-order valence-electron chi connectivity index (χ4n) is 7.87. The zero-order chi connectivity index (χ0) is 30.9. The second-order valence-corrected chi connectivity index (χ2v) is 12.5. The van der Waals surface area contributed by atoms with E-state index in [1.165, 1.54) is 0 Å². The van der Waals surface area contributed by atoms with E-state index in [4.69, 9.17) is 4.74 Å². The first-order chi connectivity index (χ1) is 21.4. The van der Waals surface area contributed by atoms with Crippen molar-refractivity contribution in [3.63, 3.8) is 0 Å². The van der Waals surface area contributed by atoms with E-state index in [9.17, 15) is 19.5 Å². The highest BCUT2D eigenvalue weighted by atomic mass is 16.5. The van der Waals surface area contributed by atoms with Gasteiger partial charge in [0.05, 0.1) is 30.1 Å². The van der Waals surface area contributed by atoms with E-state index in [0.717, 1.165) is 30.5 Å². The average molecular weight is 598 g/mol. The van der Waals surface area contributed by atoms with Gasteiger partial charge in [0.15, 0.2) is 0 Å². The summed E-state index contributed by atoms with van der Waals surface area (Å²) in [6, 6.07) is 17.5. The second kappa shape index (κ2) is 12.3. The van der Waals surface area contributed by atoms with Crippen molar-refractivity contribution < 1.29 is 24.2 Å². The van der Waals surface area contributed by atoms with Crippen LogP contribution in [0.5, 0.6) is 0 Å². The number of unbranched alkanes of at least 4 members (excludes halogenated alkanes) is 2. The number of aliphatic hydroxyl groups is 1. The van der Waals surface area contributed by atoms with Crippen molar-refractivity contribution in [3.05, 3.63) is 90.5 Å². The third-order valence-electron chi connectivity index (χ3n) is 9.98. The van der Waals surface area contributed by atoms with E-state index in [0.29, 0.717) is 32.5 Å². The molecule has 2 saturated heterocycles. The molecule has 6 rings (SSSR count). The molecule has 8 nitrogen and oxygen atoms in total. The maximum atomic E-state index is 14.9. The quantitative estimate of drug-likeness (QED) is 0.329. The van der Waals surface area contributed by atoms with Crippen molar-refractivity contribution in [1.29, 1.82) is 0 Å². The van der Waals surface area contributed by atoms with Crippen molar-refractivity contribution in [3.8, 4) is 0 Å². The Bertz CT molecular complexity index is 1430. The molecule has 3 amide bonds. The summed E-state index contributed by atoms with van der Waals surface area (Å²) < 4.78 is 7.11. The highest BCUT2D eigenvalue weighted by molar-refractivity contribution is 6.04. The third-order valence-corrected chi connectivity index (χ3v) is 9.98. The number of carbonyl (C=O) groups is 3. The normalized spacial score (nSPS) is 30.2. The summed E-state index contributed by atoms with van der Waals surface area (Å²) in [7, 11) is 0. The summed E-state index contributed by atoms with van der Waals surface area (Å²) in [6.45, 7) is 5.12. The van der Waals surface area contributed by atoms with Crippen molar-refractivity contribution in [2.45, 2.75) is 69.2 Å². The first-order valence-electron chi connectivity index (χ1n) is 16.1. The second-order valence-electron chi connectivity index (χ2n) is 12.5. The van der Waals surface area contributed by atoms with Gasteiger partial charge < -0.3 is 24.5 Å². The molecule has 2 aromatic rings. The van der Waals surface area contributed by atoms with E-state index in [1.807, 2.05) is 96.8 Å². The Morgan fingerprint density at radius 2 is 1.57 bits per heavy atom. The molecule has 8 heteroatoms. The van der Waals surface area contributed by atoms with Crippen molar-refractivity contribution >= 4 is 23.4 Å². The maximum Gasteiger partial charge on any atom is 0.249 e. The van der Waals surface area contributed by atoms with E-state index < -0.39 is 35.1 Å². The van der Waals surface area contributed by atoms with Gasteiger partial charge in [0.25, 0.3) is 0 Å². The predicted octanol–water partition coefficient (Wildman–Crippen LogP) is 4.14. The molecule has 2 aromatic carbocycles. The van der Waals surface area contributed by atoms with Crippen LogP contribution in [0.15, 0.2) is 85.0 Å². The number of hydrogen-bond donors (Lipinski definition) is 1. The molecule has 0 aromatic heterocycles. The smallest absolute Gasteiger partial charge is 0.249 e. The van der Waals surface area contributed by atoms with Gasteiger partial charge in [-0.05, 0) is 37.0 Å². The minimum absolute atomic E-state index is 0.187. The summed E-state index contributed by atoms with van der Waals surface area (Å²) in [6.07, 6.45) is 11.5. The Balaban J connectivity index is 1.47. The van der Waals surface area contributed by atoms with Crippen LogP contribution in [0.25, 0.3) is 0 Å². The molecule has 1 N–H and O–H groups in total. The number of rotatable bonds is 10. The van der Waals surface area contributed by atoms with Crippen molar-refractivity contribution in [1.82, 2.24) is 9.80 Å².